The van der Waals surface area contributed by atoms with E-state index in [2.05, 4.69) is 21.9 Å². The van der Waals surface area contributed by atoms with Crippen molar-refractivity contribution in [2.75, 3.05) is 33.2 Å². The summed E-state index contributed by atoms with van der Waals surface area (Å²) in [5.41, 5.74) is 3.25. The van der Waals surface area contributed by atoms with Gasteiger partial charge in [0, 0.05) is 54.7 Å². The normalized spacial score (nSPS) is 15.5. The zero-order chi connectivity index (χ0) is 20.4. The summed E-state index contributed by atoms with van der Waals surface area (Å²) in [6.45, 7) is 3.43. The molecule has 0 saturated carbocycles. The molecule has 0 N–H and O–H groups in total. The van der Waals surface area contributed by atoms with Crippen LogP contribution in [-0.2, 0) is 11.3 Å². The first-order valence-corrected chi connectivity index (χ1v) is 9.59. The van der Waals surface area contributed by atoms with Crippen molar-refractivity contribution in [2.24, 2.45) is 0 Å². The molecule has 2 aromatic heterocycles. The lowest BCUT2D eigenvalue weighted by Gasteiger charge is -2.32. The molecule has 1 aliphatic heterocycles. The third kappa shape index (κ3) is 3.93. The number of benzene rings is 1. The van der Waals surface area contributed by atoms with E-state index in [0.717, 1.165) is 48.7 Å². The van der Waals surface area contributed by atoms with Crippen molar-refractivity contribution >= 4 is 17.5 Å². The van der Waals surface area contributed by atoms with E-state index < -0.39 is 0 Å². The molecule has 6 nitrogen and oxygen atoms in total. The minimum Gasteiger partial charge on any atom is -0.339 e. The van der Waals surface area contributed by atoms with Gasteiger partial charge in [-0.05, 0) is 31.3 Å². The first-order valence-electron chi connectivity index (χ1n) is 9.71. The molecule has 0 aliphatic carbocycles. The van der Waals surface area contributed by atoms with Gasteiger partial charge in [-0.25, -0.2) is 4.98 Å². The van der Waals surface area contributed by atoms with Gasteiger partial charge >= 0.3 is 0 Å². The SMILES string of the molecule is [2H]c1cc(-c2c(-c3ccc(Cl)cc3)ncn2CC(=O)N2CCN(C)CC2)ccn1. The fourth-order valence-corrected chi connectivity index (χ4v) is 3.51. The Hall–Kier alpha value is -2.70. The largest absolute Gasteiger partial charge is 0.339 e. The summed E-state index contributed by atoms with van der Waals surface area (Å²) in [7, 11) is 2.07. The van der Waals surface area contributed by atoms with Crippen LogP contribution < -0.4 is 0 Å². The number of piperazine rings is 1. The minimum atomic E-state index is 0.0690. The third-order valence-corrected chi connectivity index (χ3v) is 5.27. The zero-order valence-corrected chi connectivity index (χ0v) is 16.4. The van der Waals surface area contributed by atoms with Crippen molar-refractivity contribution < 1.29 is 6.17 Å². The summed E-state index contributed by atoms with van der Waals surface area (Å²) < 4.78 is 9.76. The number of hydrogen-bond acceptors (Lipinski definition) is 4. The van der Waals surface area contributed by atoms with Crippen LogP contribution >= 0.6 is 11.6 Å². The first kappa shape index (κ1) is 17.4. The highest BCUT2D eigenvalue weighted by Gasteiger charge is 2.22. The zero-order valence-electron chi connectivity index (χ0n) is 16.7. The molecule has 1 saturated heterocycles. The van der Waals surface area contributed by atoms with Crippen LogP contribution in [-0.4, -0.2) is 63.5 Å². The topological polar surface area (TPSA) is 54.3 Å². The van der Waals surface area contributed by atoms with Crippen LogP contribution in [0.3, 0.4) is 0 Å². The average Bonchev–Trinajstić information content (AvgIpc) is 3.12. The van der Waals surface area contributed by atoms with E-state index in [9.17, 15) is 4.79 Å². The highest BCUT2D eigenvalue weighted by molar-refractivity contribution is 6.30. The van der Waals surface area contributed by atoms with Crippen molar-refractivity contribution in [1.29, 1.82) is 0 Å². The second-order valence-electron chi connectivity index (χ2n) is 6.93. The van der Waals surface area contributed by atoms with Crippen LogP contribution in [0.4, 0.5) is 0 Å². The Kier molecular flexibility index (Phi) is 5.05. The molecule has 1 amide bonds. The van der Waals surface area contributed by atoms with E-state index in [1.54, 1.807) is 18.6 Å². The molecule has 3 heterocycles. The van der Waals surface area contributed by atoms with Gasteiger partial charge < -0.3 is 14.4 Å². The number of likely N-dealkylation sites (N-methyl/N-ethyl adjacent to an activating group) is 1. The number of carbonyl (C=O) groups excluding carboxylic acids is 1. The molecular formula is C21H22ClN5O. The van der Waals surface area contributed by atoms with Crippen molar-refractivity contribution in [1.82, 2.24) is 24.3 Å². The Bertz CT molecular complexity index is 1010. The van der Waals surface area contributed by atoms with E-state index in [-0.39, 0.29) is 18.6 Å². The van der Waals surface area contributed by atoms with Gasteiger partial charge in [0.1, 0.15) is 6.54 Å². The molecule has 0 bridgehead atoms. The molecule has 3 aromatic rings. The molecule has 1 aliphatic rings. The lowest BCUT2D eigenvalue weighted by Crippen LogP contribution is -2.48. The van der Waals surface area contributed by atoms with E-state index in [0.29, 0.717) is 5.02 Å². The maximum atomic E-state index is 12.9. The monoisotopic (exact) mass is 396 g/mol. The number of rotatable bonds is 4. The first-order chi connectivity index (χ1) is 14.0. The van der Waals surface area contributed by atoms with Gasteiger partial charge in [-0.15, -0.1) is 0 Å². The van der Waals surface area contributed by atoms with E-state index in [1.165, 1.54) is 0 Å². The quantitative estimate of drug-likeness (QED) is 0.680. The fourth-order valence-electron chi connectivity index (χ4n) is 3.39. The third-order valence-electron chi connectivity index (χ3n) is 5.01. The summed E-state index contributed by atoms with van der Waals surface area (Å²) in [6.07, 6.45) is 3.46. The molecule has 144 valence electrons. The summed E-state index contributed by atoms with van der Waals surface area (Å²) in [4.78, 5) is 25.6. The van der Waals surface area contributed by atoms with Gasteiger partial charge in [-0.2, -0.15) is 0 Å². The van der Waals surface area contributed by atoms with Gasteiger partial charge in [0.05, 0.1) is 19.1 Å². The Morgan fingerprint density at radius 2 is 1.86 bits per heavy atom. The Morgan fingerprint density at radius 1 is 1.11 bits per heavy atom. The number of imidazole rings is 1. The molecule has 0 radical (unpaired) electrons. The summed E-state index contributed by atoms with van der Waals surface area (Å²) in [5.74, 6) is 0.0690. The Balaban J connectivity index is 1.70. The summed E-state index contributed by atoms with van der Waals surface area (Å²) in [6, 6.07) is 11.0. The number of halogens is 1. The fraction of sp³-hybridized carbons (Fsp3) is 0.286. The Morgan fingerprint density at radius 3 is 2.57 bits per heavy atom. The maximum Gasteiger partial charge on any atom is 0.242 e. The molecule has 28 heavy (non-hydrogen) atoms. The average molecular weight is 397 g/mol. The maximum absolute atomic E-state index is 12.9. The van der Waals surface area contributed by atoms with Crippen LogP contribution in [0.2, 0.25) is 5.02 Å². The molecular weight excluding hydrogens is 374 g/mol. The highest BCUT2D eigenvalue weighted by Crippen LogP contribution is 2.31. The smallest absolute Gasteiger partial charge is 0.242 e. The second-order valence-corrected chi connectivity index (χ2v) is 7.37. The molecule has 0 unspecified atom stereocenters. The lowest BCUT2D eigenvalue weighted by atomic mass is 10.1. The van der Waals surface area contributed by atoms with Gasteiger partial charge in [0.25, 0.3) is 0 Å². The predicted octanol–water partition coefficient (Wildman–Crippen LogP) is 3.04. The van der Waals surface area contributed by atoms with Crippen molar-refractivity contribution in [3.05, 3.63) is 60.1 Å². The predicted molar refractivity (Wildman–Crippen MR) is 110 cm³/mol. The van der Waals surface area contributed by atoms with Crippen LogP contribution in [0.25, 0.3) is 22.5 Å². The molecule has 0 atom stereocenters. The van der Waals surface area contributed by atoms with Crippen molar-refractivity contribution in [3.8, 4) is 22.5 Å². The number of amides is 1. The van der Waals surface area contributed by atoms with Crippen molar-refractivity contribution in [2.45, 2.75) is 6.54 Å². The second kappa shape index (κ2) is 8.12. The standard InChI is InChI=1S/C21H22ClN5O/c1-25-10-12-26(13-11-25)19(28)14-27-15-24-20(16-2-4-18(22)5-3-16)21(27)17-6-8-23-9-7-17/h2-9,15H,10-14H2,1H3/i8D. The van der Waals surface area contributed by atoms with Crippen LogP contribution in [0.15, 0.2) is 55.1 Å². The van der Waals surface area contributed by atoms with E-state index in [4.69, 9.17) is 13.0 Å². The molecule has 1 aromatic carbocycles. The number of hydrogen-bond donors (Lipinski definition) is 0. The van der Waals surface area contributed by atoms with Gasteiger partial charge in [0.15, 0.2) is 0 Å². The molecule has 4 rings (SSSR count). The summed E-state index contributed by atoms with van der Waals surface area (Å²) in [5, 5.41) is 0.650. The Labute approximate surface area is 170 Å². The number of nitrogens with zero attached hydrogens (tertiary/aromatic N) is 5. The minimum absolute atomic E-state index is 0.0690. The number of aromatic nitrogens is 3. The molecule has 7 heteroatoms. The number of pyridine rings is 1. The van der Waals surface area contributed by atoms with Gasteiger partial charge in [-0.1, -0.05) is 23.7 Å². The van der Waals surface area contributed by atoms with E-state index in [1.807, 2.05) is 39.8 Å². The van der Waals surface area contributed by atoms with E-state index >= 15 is 0 Å². The summed E-state index contributed by atoms with van der Waals surface area (Å²) >= 11 is 6.03. The molecule has 1 fully saturated rings. The highest BCUT2D eigenvalue weighted by atomic mass is 35.5. The van der Waals surface area contributed by atoms with Crippen LogP contribution in [0.5, 0.6) is 0 Å². The molecule has 0 spiro atoms. The van der Waals surface area contributed by atoms with Gasteiger partial charge in [-0.3, -0.25) is 9.78 Å². The van der Waals surface area contributed by atoms with Crippen LogP contribution in [0.1, 0.15) is 1.37 Å². The van der Waals surface area contributed by atoms with Crippen LogP contribution in [0, 0.1) is 0 Å². The van der Waals surface area contributed by atoms with Crippen molar-refractivity contribution in [3.63, 3.8) is 0 Å². The number of carbonyl (C=O) groups is 1. The van der Waals surface area contributed by atoms with Gasteiger partial charge in [0.2, 0.25) is 5.91 Å². The lowest BCUT2D eigenvalue weighted by molar-refractivity contribution is -0.133.